The van der Waals surface area contributed by atoms with Gasteiger partial charge in [0.15, 0.2) is 0 Å². The van der Waals surface area contributed by atoms with Crippen LogP contribution in [0.1, 0.15) is 204 Å². The Bertz CT molecular complexity index is 1050. The summed E-state index contributed by atoms with van der Waals surface area (Å²) in [6, 6.07) is 0. The van der Waals surface area contributed by atoms with Gasteiger partial charge in [0.1, 0.15) is 11.8 Å². The van der Waals surface area contributed by atoms with Gasteiger partial charge in [-0.15, -0.1) is 0 Å². The van der Waals surface area contributed by atoms with Crippen LogP contribution in [0.25, 0.3) is 0 Å². The summed E-state index contributed by atoms with van der Waals surface area (Å²) in [7, 11) is 0. The third kappa shape index (κ3) is 43.0. The predicted octanol–water partition coefficient (Wildman–Crippen LogP) is 12.7. The van der Waals surface area contributed by atoms with Gasteiger partial charge in [0.05, 0.1) is 65.8 Å². The summed E-state index contributed by atoms with van der Waals surface area (Å²) in [6.45, 7) is 11.0. The molecule has 0 saturated carbocycles. The molecule has 0 radical (unpaired) electrons. The Labute approximate surface area is 374 Å². The van der Waals surface area contributed by atoms with Crippen LogP contribution in [0.2, 0.25) is 0 Å². The molecule has 10 nitrogen and oxygen atoms in total. The first-order chi connectivity index (χ1) is 30.3. The van der Waals surface area contributed by atoms with Gasteiger partial charge in [0.2, 0.25) is 0 Å². The van der Waals surface area contributed by atoms with Gasteiger partial charge in [0.25, 0.3) is 5.91 Å². The topological polar surface area (TPSA) is 113 Å². The van der Waals surface area contributed by atoms with E-state index in [-0.39, 0.29) is 12.0 Å². The normalized spacial score (nSPS) is 12.4. The van der Waals surface area contributed by atoms with Crippen molar-refractivity contribution in [1.82, 2.24) is 15.3 Å². The monoisotopic (exact) mass is 862 g/mol. The lowest BCUT2D eigenvalue weighted by Crippen LogP contribution is -2.28. The van der Waals surface area contributed by atoms with Crippen LogP contribution < -0.4 is 5.32 Å². The second kappa shape index (κ2) is 48.9. The van der Waals surface area contributed by atoms with Crippen molar-refractivity contribution < 1.29 is 33.2 Å². The second-order valence-electron chi connectivity index (χ2n) is 16.6. The van der Waals surface area contributed by atoms with Crippen molar-refractivity contribution in [2.24, 2.45) is 0 Å². The lowest BCUT2D eigenvalue weighted by molar-refractivity contribution is -0.0700. The summed E-state index contributed by atoms with van der Waals surface area (Å²) in [4.78, 5) is 18.5. The maximum Gasteiger partial charge on any atom is 0.271 e. The van der Waals surface area contributed by atoms with E-state index in [2.05, 4.69) is 53.4 Å². The Hall–Kier alpha value is -2.08. The Kier molecular flexibility index (Phi) is 45.7. The number of aromatic nitrogens is 2. The molecule has 1 amide bonds. The molecule has 2 N–H and O–H groups in total. The van der Waals surface area contributed by atoms with Crippen molar-refractivity contribution in [3.8, 4) is 0 Å². The number of unbranched alkanes of at least 4 members (excludes halogenated alkanes) is 24. The van der Waals surface area contributed by atoms with Crippen LogP contribution in [-0.2, 0) is 28.4 Å². The van der Waals surface area contributed by atoms with Gasteiger partial charge in [-0.25, -0.2) is 4.98 Å². The first kappa shape index (κ1) is 56.9. The number of hydrogen-bond acceptors (Lipinski definition) is 8. The molecule has 0 bridgehead atoms. The van der Waals surface area contributed by atoms with Crippen molar-refractivity contribution in [3.05, 3.63) is 42.5 Å². The van der Waals surface area contributed by atoms with Gasteiger partial charge in [0, 0.05) is 26.0 Å². The van der Waals surface area contributed by atoms with E-state index in [1.54, 1.807) is 6.20 Å². The summed E-state index contributed by atoms with van der Waals surface area (Å²) in [5, 5.41) is 2.76. The van der Waals surface area contributed by atoms with E-state index in [1.807, 2.05) is 0 Å². The van der Waals surface area contributed by atoms with Crippen molar-refractivity contribution in [2.75, 3.05) is 79.2 Å². The number of amides is 1. The number of imidazole rings is 1. The molecule has 1 aromatic rings. The van der Waals surface area contributed by atoms with Crippen LogP contribution >= 0.6 is 0 Å². The van der Waals surface area contributed by atoms with Gasteiger partial charge in [-0.3, -0.25) is 4.79 Å². The highest BCUT2D eigenvalue weighted by atomic mass is 16.6. The van der Waals surface area contributed by atoms with E-state index < -0.39 is 0 Å². The molecule has 0 fully saturated rings. The molecule has 0 spiro atoms. The number of nitrogens with zero attached hydrogens (tertiary/aromatic N) is 1. The number of H-pyrrole nitrogens is 1. The lowest BCUT2D eigenvalue weighted by atomic mass is 10.1. The molecule has 1 atom stereocenters. The minimum atomic E-state index is -0.220. The quantitative estimate of drug-likeness (QED) is 0.0492. The number of carbonyl (C=O) groups is 1. The molecule has 1 unspecified atom stereocenters. The molecule has 1 heterocycles. The molecule has 1 rings (SSSR count). The second-order valence-corrected chi connectivity index (χ2v) is 16.6. The van der Waals surface area contributed by atoms with E-state index in [9.17, 15) is 4.79 Å². The minimum absolute atomic E-state index is 0.0563. The number of nitrogens with one attached hydrogen (secondary N) is 2. The molecular weight excluding hydrogens is 767 g/mol. The third-order valence-corrected chi connectivity index (χ3v) is 10.8. The van der Waals surface area contributed by atoms with Crippen molar-refractivity contribution >= 4 is 5.91 Å². The van der Waals surface area contributed by atoms with Crippen molar-refractivity contribution in [3.63, 3.8) is 0 Å². The van der Waals surface area contributed by atoms with Crippen LogP contribution in [0.5, 0.6) is 0 Å². The number of rotatable bonds is 50. The fraction of sp³-hybridized carbons (Fsp3) is 0.843. The number of allylic oxidation sites excluding steroid dienone is 4. The summed E-state index contributed by atoms with van der Waals surface area (Å²) < 4.78 is 35.1. The van der Waals surface area contributed by atoms with Gasteiger partial charge in [-0.05, 0) is 64.2 Å². The summed E-state index contributed by atoms with van der Waals surface area (Å²) in [5.74, 6) is -0.220. The van der Waals surface area contributed by atoms with Crippen molar-refractivity contribution in [1.29, 1.82) is 0 Å². The molecule has 0 aliphatic carbocycles. The van der Waals surface area contributed by atoms with Gasteiger partial charge >= 0.3 is 0 Å². The fourth-order valence-corrected chi connectivity index (χ4v) is 7.00. The molecule has 0 aliphatic heterocycles. The fourth-order valence-electron chi connectivity index (χ4n) is 7.00. The van der Waals surface area contributed by atoms with Gasteiger partial charge in [-0.2, -0.15) is 0 Å². The standard InChI is InChI=1S/C51H95N3O7/c1-3-5-7-9-11-13-15-17-19-21-23-25-27-29-31-33-36-59-46-49(61-37-34-32-30-28-26-24-22-20-18-16-14-12-10-8-6-4-2)47-60-44-43-58-42-41-57-40-39-56-38-35-53-51(55)50-45-52-48-54-50/h17-20,45,48-49H,3-16,21-44,46-47H2,1-2H3,(H,52,54)(H,53,55)/b19-17-,20-18+. The molecular formula is C51H95N3O7. The highest BCUT2D eigenvalue weighted by Crippen LogP contribution is 2.12. The average Bonchev–Trinajstić information content (AvgIpc) is 3.82. The predicted molar refractivity (Wildman–Crippen MR) is 254 cm³/mol. The average molecular weight is 862 g/mol. The number of carbonyl (C=O) groups excluding carboxylic acids is 1. The van der Waals surface area contributed by atoms with Crippen LogP contribution in [-0.4, -0.2) is 101 Å². The highest BCUT2D eigenvalue weighted by Gasteiger charge is 2.11. The first-order valence-electron chi connectivity index (χ1n) is 25.3. The molecule has 61 heavy (non-hydrogen) atoms. The summed E-state index contributed by atoms with van der Waals surface area (Å²) in [5.41, 5.74) is 0.366. The molecule has 1 aromatic heterocycles. The number of aromatic amines is 1. The van der Waals surface area contributed by atoms with E-state index >= 15 is 0 Å². The Morgan fingerprint density at radius 2 is 0.902 bits per heavy atom. The van der Waals surface area contributed by atoms with Gasteiger partial charge in [-0.1, -0.05) is 154 Å². The maximum absolute atomic E-state index is 11.8. The third-order valence-electron chi connectivity index (χ3n) is 10.8. The van der Waals surface area contributed by atoms with Crippen LogP contribution in [0.15, 0.2) is 36.8 Å². The maximum atomic E-state index is 11.8. The number of hydrogen-bond donors (Lipinski definition) is 2. The summed E-state index contributed by atoms with van der Waals surface area (Å²) >= 11 is 0. The number of ether oxygens (including phenoxy) is 6. The smallest absolute Gasteiger partial charge is 0.271 e. The zero-order chi connectivity index (χ0) is 43.6. The molecule has 10 heteroatoms. The largest absolute Gasteiger partial charge is 0.379 e. The Morgan fingerprint density at radius 3 is 1.36 bits per heavy atom. The van der Waals surface area contributed by atoms with Crippen LogP contribution in [0, 0.1) is 0 Å². The van der Waals surface area contributed by atoms with E-state index in [0.717, 1.165) is 26.1 Å². The highest BCUT2D eigenvalue weighted by molar-refractivity contribution is 5.91. The Balaban J connectivity index is 2.10. The van der Waals surface area contributed by atoms with E-state index in [1.165, 1.54) is 173 Å². The van der Waals surface area contributed by atoms with E-state index in [4.69, 9.17) is 28.4 Å². The first-order valence-corrected chi connectivity index (χ1v) is 25.3. The minimum Gasteiger partial charge on any atom is -0.379 e. The molecule has 356 valence electrons. The van der Waals surface area contributed by atoms with Crippen molar-refractivity contribution in [2.45, 2.75) is 200 Å². The van der Waals surface area contributed by atoms with Crippen LogP contribution in [0.4, 0.5) is 0 Å². The zero-order valence-corrected chi connectivity index (χ0v) is 39.6. The van der Waals surface area contributed by atoms with E-state index in [0.29, 0.717) is 71.7 Å². The van der Waals surface area contributed by atoms with Gasteiger partial charge < -0.3 is 38.7 Å². The zero-order valence-electron chi connectivity index (χ0n) is 39.6. The molecule has 0 saturated heterocycles. The molecule has 0 aromatic carbocycles. The SMILES string of the molecule is CCCCCCCC/C=C\CCCCCCCCOCC(COCCOCCOCCOCCNC(=O)c1c[nH]cn1)OCCCCCCCC/C=C/CCCCCCCC. The lowest BCUT2D eigenvalue weighted by Gasteiger charge is -2.18. The Morgan fingerprint density at radius 1 is 0.508 bits per heavy atom. The molecule has 0 aliphatic rings. The van der Waals surface area contributed by atoms with Crippen LogP contribution in [0.3, 0.4) is 0 Å². The summed E-state index contributed by atoms with van der Waals surface area (Å²) in [6.07, 6.45) is 49.2.